The Hall–Kier alpha value is -1.31. The van der Waals surface area contributed by atoms with Crippen LogP contribution in [0.5, 0.6) is 0 Å². The topological polar surface area (TPSA) is 26.3 Å². The van der Waals surface area contributed by atoms with Gasteiger partial charge >= 0.3 is 5.97 Å². The third kappa shape index (κ3) is 3.76. The molecule has 0 aromatic heterocycles. The molecule has 0 radical (unpaired) electrons. The predicted octanol–water partition coefficient (Wildman–Crippen LogP) is 7.06. The molecule has 3 fully saturated rings. The van der Waals surface area contributed by atoms with E-state index in [9.17, 15) is 4.79 Å². The molecule has 0 aliphatic heterocycles. The zero-order valence-electron chi connectivity index (χ0n) is 18.2. The van der Waals surface area contributed by atoms with Gasteiger partial charge in [-0.25, -0.2) is 0 Å². The summed E-state index contributed by atoms with van der Waals surface area (Å²) in [7, 11) is 0. The maximum absolute atomic E-state index is 11.3. The molecule has 0 saturated heterocycles. The van der Waals surface area contributed by atoms with Gasteiger partial charge in [0.1, 0.15) is 6.10 Å². The predicted molar refractivity (Wildman–Crippen MR) is 115 cm³/mol. The fraction of sp³-hybridized carbons (Fsp3) is 0.731. The quantitative estimate of drug-likeness (QED) is 0.376. The van der Waals surface area contributed by atoms with Gasteiger partial charge in [-0.05, 0) is 81.0 Å². The molecule has 0 bridgehead atoms. The summed E-state index contributed by atoms with van der Waals surface area (Å²) >= 11 is 0. The summed E-state index contributed by atoms with van der Waals surface area (Å²) in [5, 5.41) is 0. The second-order valence-electron chi connectivity index (χ2n) is 10.1. The summed E-state index contributed by atoms with van der Waals surface area (Å²) in [6.45, 7) is 6.45. The van der Waals surface area contributed by atoms with Crippen molar-refractivity contribution in [3.8, 4) is 0 Å². The van der Waals surface area contributed by atoms with E-state index in [0.29, 0.717) is 10.8 Å². The fourth-order valence-electron chi connectivity index (χ4n) is 6.69. The standard InChI is InChI=1S/C26H38O2/c1-4-14-26(16-17-26)24-13-12-23-21(8-6-15-25(23,24)3)11-10-20-7-5-9-22(18-20)28-19(2)27/h10-11,13,22-23H,4-9,12,14-18H2,1-3H3/b20-10-,21-11+/t22-,23?,25-/m0/s1. The Kier molecular flexibility index (Phi) is 5.60. The summed E-state index contributed by atoms with van der Waals surface area (Å²) < 4.78 is 5.47. The van der Waals surface area contributed by atoms with Crippen LogP contribution in [0.2, 0.25) is 0 Å². The first-order valence-corrected chi connectivity index (χ1v) is 11.7. The number of ether oxygens (including phenoxy) is 1. The lowest BCUT2D eigenvalue weighted by atomic mass is 9.61. The molecular weight excluding hydrogens is 344 g/mol. The van der Waals surface area contributed by atoms with E-state index in [0.717, 1.165) is 31.6 Å². The second-order valence-corrected chi connectivity index (χ2v) is 10.1. The number of carbonyl (C=O) groups excluding carboxylic acids is 1. The first-order valence-electron chi connectivity index (χ1n) is 11.7. The Morgan fingerprint density at radius 2 is 2.04 bits per heavy atom. The van der Waals surface area contributed by atoms with Crippen molar-refractivity contribution in [3.05, 3.63) is 34.9 Å². The molecule has 0 heterocycles. The first-order chi connectivity index (χ1) is 13.5. The van der Waals surface area contributed by atoms with E-state index >= 15 is 0 Å². The van der Waals surface area contributed by atoms with E-state index in [4.69, 9.17) is 4.74 Å². The van der Waals surface area contributed by atoms with Crippen LogP contribution in [0.25, 0.3) is 0 Å². The van der Waals surface area contributed by atoms with E-state index in [1.807, 2.05) is 5.57 Å². The highest BCUT2D eigenvalue weighted by atomic mass is 16.5. The minimum Gasteiger partial charge on any atom is -0.462 e. The van der Waals surface area contributed by atoms with Crippen LogP contribution in [0.1, 0.15) is 97.8 Å². The molecule has 2 heteroatoms. The number of fused-ring (bicyclic) bond motifs is 1. The molecule has 4 rings (SSSR count). The van der Waals surface area contributed by atoms with Crippen LogP contribution in [0.4, 0.5) is 0 Å². The zero-order chi connectivity index (χ0) is 19.8. The van der Waals surface area contributed by atoms with Crippen molar-refractivity contribution in [2.75, 3.05) is 0 Å². The van der Waals surface area contributed by atoms with Crippen LogP contribution >= 0.6 is 0 Å². The number of rotatable bonds is 5. The van der Waals surface area contributed by atoms with E-state index in [1.54, 1.807) is 5.57 Å². The minimum atomic E-state index is -0.140. The molecule has 0 aromatic rings. The van der Waals surface area contributed by atoms with Crippen molar-refractivity contribution < 1.29 is 9.53 Å². The van der Waals surface area contributed by atoms with E-state index < -0.39 is 0 Å². The molecule has 0 aromatic carbocycles. The lowest BCUT2D eigenvalue weighted by Gasteiger charge is -2.43. The van der Waals surface area contributed by atoms with Crippen molar-refractivity contribution in [2.45, 2.75) is 104 Å². The van der Waals surface area contributed by atoms with Gasteiger partial charge in [-0.15, -0.1) is 0 Å². The van der Waals surface area contributed by atoms with Gasteiger partial charge in [0.2, 0.25) is 0 Å². The van der Waals surface area contributed by atoms with Crippen LogP contribution in [0.3, 0.4) is 0 Å². The average Bonchev–Trinajstić information content (AvgIpc) is 3.33. The Balaban J connectivity index is 1.48. The molecular formula is C26H38O2. The summed E-state index contributed by atoms with van der Waals surface area (Å²) in [4.78, 5) is 11.3. The Labute approximate surface area is 171 Å². The van der Waals surface area contributed by atoms with Crippen LogP contribution in [0.15, 0.2) is 34.9 Å². The highest BCUT2D eigenvalue weighted by molar-refractivity contribution is 5.66. The van der Waals surface area contributed by atoms with Gasteiger partial charge in [0, 0.05) is 13.3 Å². The smallest absolute Gasteiger partial charge is 0.302 e. The van der Waals surface area contributed by atoms with Crippen molar-refractivity contribution in [2.24, 2.45) is 16.7 Å². The highest BCUT2D eigenvalue weighted by Crippen LogP contribution is 2.67. The van der Waals surface area contributed by atoms with Gasteiger partial charge in [-0.3, -0.25) is 4.79 Å². The van der Waals surface area contributed by atoms with Crippen LogP contribution < -0.4 is 0 Å². The van der Waals surface area contributed by atoms with Crippen molar-refractivity contribution >= 4 is 5.97 Å². The van der Waals surface area contributed by atoms with Crippen LogP contribution in [-0.4, -0.2) is 12.1 Å². The zero-order valence-corrected chi connectivity index (χ0v) is 18.2. The first kappa shape index (κ1) is 20.0. The minimum absolute atomic E-state index is 0.0936. The van der Waals surface area contributed by atoms with Crippen molar-refractivity contribution in [1.82, 2.24) is 0 Å². The SMILES string of the molecule is CCCC1(C2=CCC3/C(=C/C=C4/CCC[C@H](OC(C)=O)C4)CCC[C@]23C)CC1. The molecule has 3 saturated carbocycles. The molecule has 0 spiro atoms. The normalized spacial score (nSPS) is 36.9. The molecule has 0 amide bonds. The Morgan fingerprint density at radius 1 is 1.21 bits per heavy atom. The number of hydrogen-bond acceptors (Lipinski definition) is 2. The molecule has 4 aliphatic rings. The largest absolute Gasteiger partial charge is 0.462 e. The molecule has 3 atom stereocenters. The monoisotopic (exact) mass is 382 g/mol. The number of esters is 1. The van der Waals surface area contributed by atoms with Gasteiger partial charge in [-0.2, -0.15) is 0 Å². The van der Waals surface area contributed by atoms with Crippen molar-refractivity contribution in [3.63, 3.8) is 0 Å². The van der Waals surface area contributed by atoms with Gasteiger partial charge in [0.05, 0.1) is 0 Å². The van der Waals surface area contributed by atoms with Gasteiger partial charge in [-0.1, -0.05) is 55.2 Å². The molecule has 4 aliphatic carbocycles. The maximum Gasteiger partial charge on any atom is 0.302 e. The fourth-order valence-corrected chi connectivity index (χ4v) is 6.69. The van der Waals surface area contributed by atoms with Gasteiger partial charge in [0.15, 0.2) is 0 Å². The third-order valence-electron chi connectivity index (χ3n) is 8.08. The summed E-state index contributed by atoms with van der Waals surface area (Å²) in [6.07, 6.45) is 22.6. The second kappa shape index (κ2) is 7.84. The Bertz CT molecular complexity index is 706. The van der Waals surface area contributed by atoms with E-state index in [2.05, 4.69) is 32.1 Å². The number of hydrogen-bond donors (Lipinski definition) is 0. The lowest BCUT2D eigenvalue weighted by molar-refractivity contribution is -0.147. The number of carbonyl (C=O) groups is 1. The average molecular weight is 383 g/mol. The third-order valence-corrected chi connectivity index (χ3v) is 8.08. The summed E-state index contributed by atoms with van der Waals surface area (Å²) in [6, 6.07) is 0. The number of allylic oxidation sites excluding steroid dienone is 5. The molecule has 1 unspecified atom stereocenters. The van der Waals surface area contributed by atoms with Crippen LogP contribution in [0, 0.1) is 16.7 Å². The lowest BCUT2D eigenvalue weighted by Crippen LogP contribution is -2.33. The van der Waals surface area contributed by atoms with E-state index in [1.165, 1.54) is 63.9 Å². The molecule has 28 heavy (non-hydrogen) atoms. The Morgan fingerprint density at radius 3 is 2.75 bits per heavy atom. The van der Waals surface area contributed by atoms with Crippen molar-refractivity contribution in [1.29, 1.82) is 0 Å². The van der Waals surface area contributed by atoms with Crippen LogP contribution in [-0.2, 0) is 9.53 Å². The maximum atomic E-state index is 11.3. The van der Waals surface area contributed by atoms with E-state index in [-0.39, 0.29) is 12.1 Å². The summed E-state index contributed by atoms with van der Waals surface area (Å²) in [5.74, 6) is 0.577. The van der Waals surface area contributed by atoms with Gasteiger partial charge in [0.25, 0.3) is 0 Å². The molecule has 2 nitrogen and oxygen atoms in total. The molecule has 0 N–H and O–H groups in total. The highest BCUT2D eigenvalue weighted by Gasteiger charge is 2.56. The molecule has 154 valence electrons. The summed E-state index contributed by atoms with van der Waals surface area (Å²) in [5.41, 5.74) is 5.95. The van der Waals surface area contributed by atoms with Gasteiger partial charge < -0.3 is 4.74 Å².